The normalized spacial score (nSPS) is 15.8. The van der Waals surface area contributed by atoms with Crippen molar-refractivity contribution in [2.24, 2.45) is 0 Å². The van der Waals surface area contributed by atoms with Gasteiger partial charge in [0.25, 0.3) is 0 Å². The number of sulfonamides is 1. The van der Waals surface area contributed by atoms with Gasteiger partial charge in [0.15, 0.2) is 0 Å². The first-order chi connectivity index (χ1) is 14.2. The van der Waals surface area contributed by atoms with Gasteiger partial charge in [-0.05, 0) is 30.3 Å². The molecule has 0 saturated carbocycles. The molecule has 1 fully saturated rings. The summed E-state index contributed by atoms with van der Waals surface area (Å²) in [7, 11) is -3.93. The molecule has 2 aromatic rings. The van der Waals surface area contributed by atoms with E-state index in [1.165, 1.54) is 4.31 Å². The smallest absolute Gasteiger partial charge is 0.354 e. The van der Waals surface area contributed by atoms with Crippen molar-refractivity contribution in [3.8, 4) is 0 Å². The first kappa shape index (κ1) is 22.0. The number of aromatic nitrogens is 2. The van der Waals surface area contributed by atoms with Crippen molar-refractivity contribution in [1.29, 1.82) is 0 Å². The first-order valence-corrected chi connectivity index (χ1v) is 10.6. The number of alkyl halides is 3. The van der Waals surface area contributed by atoms with Crippen LogP contribution in [0.3, 0.4) is 0 Å². The van der Waals surface area contributed by atoms with Gasteiger partial charge in [-0.15, -0.1) is 0 Å². The van der Waals surface area contributed by atoms with E-state index >= 15 is 0 Å². The molecule has 0 bridgehead atoms. The zero-order valence-corrected chi connectivity index (χ0v) is 16.7. The molecule has 3 rings (SSSR count). The highest BCUT2D eigenvalue weighted by Crippen LogP contribution is 2.30. The Bertz CT molecular complexity index is 961. The number of nitrogens with zero attached hydrogens (tertiary/aromatic N) is 4. The SMILES string of the molecule is O=C(CCNc1ncccn1)N1CCN(S(=O)(=O)c2ccc(C(F)(F)F)cc2)CC1. The highest BCUT2D eigenvalue weighted by atomic mass is 32.2. The zero-order chi connectivity index (χ0) is 21.8. The van der Waals surface area contributed by atoms with E-state index in [-0.39, 0.29) is 43.4 Å². The largest absolute Gasteiger partial charge is 0.416 e. The number of hydrogen-bond donors (Lipinski definition) is 1. The van der Waals surface area contributed by atoms with Crippen LogP contribution in [0.2, 0.25) is 0 Å². The molecule has 162 valence electrons. The number of rotatable bonds is 6. The van der Waals surface area contributed by atoms with Crippen molar-refractivity contribution < 1.29 is 26.4 Å². The van der Waals surface area contributed by atoms with E-state index in [0.29, 0.717) is 12.5 Å². The van der Waals surface area contributed by atoms with E-state index in [9.17, 15) is 26.4 Å². The van der Waals surface area contributed by atoms with Crippen LogP contribution in [0.4, 0.5) is 19.1 Å². The molecule has 2 heterocycles. The van der Waals surface area contributed by atoms with Crippen molar-refractivity contribution in [3.05, 3.63) is 48.3 Å². The average Bonchev–Trinajstić information content (AvgIpc) is 2.74. The summed E-state index contributed by atoms with van der Waals surface area (Å²) in [5.74, 6) is 0.280. The third-order valence-corrected chi connectivity index (χ3v) is 6.51. The van der Waals surface area contributed by atoms with Crippen molar-refractivity contribution in [3.63, 3.8) is 0 Å². The number of benzene rings is 1. The number of carbonyl (C=O) groups excluding carboxylic acids is 1. The van der Waals surface area contributed by atoms with Gasteiger partial charge in [-0.1, -0.05) is 0 Å². The van der Waals surface area contributed by atoms with Crippen LogP contribution < -0.4 is 5.32 Å². The van der Waals surface area contributed by atoms with E-state index < -0.39 is 21.8 Å². The van der Waals surface area contributed by atoms with Crippen LogP contribution in [-0.4, -0.2) is 66.2 Å². The second kappa shape index (κ2) is 8.96. The van der Waals surface area contributed by atoms with Crippen LogP contribution in [-0.2, 0) is 21.0 Å². The lowest BCUT2D eigenvalue weighted by molar-refractivity contribution is -0.137. The summed E-state index contributed by atoms with van der Waals surface area (Å²) in [5.41, 5.74) is -0.911. The maximum absolute atomic E-state index is 12.7. The standard InChI is InChI=1S/C18H20F3N5O3S/c19-18(20,21)14-2-4-15(5-3-14)30(28,29)26-12-10-25(11-13-26)16(27)6-9-24-17-22-7-1-8-23-17/h1-5,7-8H,6,9-13H2,(H,22,23,24). The lowest BCUT2D eigenvalue weighted by Crippen LogP contribution is -2.50. The summed E-state index contributed by atoms with van der Waals surface area (Å²) in [6.07, 6.45) is -1.18. The molecule has 1 aliphatic rings. The number of piperazine rings is 1. The lowest BCUT2D eigenvalue weighted by Gasteiger charge is -2.34. The Labute approximate surface area is 171 Å². The Hall–Kier alpha value is -2.73. The molecule has 0 atom stereocenters. The van der Waals surface area contributed by atoms with Gasteiger partial charge in [-0.3, -0.25) is 4.79 Å². The second-order valence-corrected chi connectivity index (χ2v) is 8.49. The van der Waals surface area contributed by atoms with E-state index in [1.54, 1.807) is 23.4 Å². The summed E-state index contributed by atoms with van der Waals surface area (Å²) >= 11 is 0. The topological polar surface area (TPSA) is 95.5 Å². The van der Waals surface area contributed by atoms with Gasteiger partial charge in [0.1, 0.15) is 0 Å². The molecule has 0 unspecified atom stereocenters. The molecule has 1 aliphatic heterocycles. The van der Waals surface area contributed by atoms with Crippen LogP contribution in [0.15, 0.2) is 47.6 Å². The molecular weight excluding hydrogens is 423 g/mol. The van der Waals surface area contributed by atoms with Gasteiger partial charge >= 0.3 is 6.18 Å². The molecule has 0 radical (unpaired) electrons. The first-order valence-electron chi connectivity index (χ1n) is 9.14. The van der Waals surface area contributed by atoms with Crippen LogP contribution in [0.25, 0.3) is 0 Å². The number of carbonyl (C=O) groups is 1. The Morgan fingerprint density at radius 2 is 1.63 bits per heavy atom. The minimum absolute atomic E-state index is 0.0737. The maximum Gasteiger partial charge on any atom is 0.416 e. The molecule has 0 spiro atoms. The third kappa shape index (κ3) is 5.25. The number of hydrogen-bond acceptors (Lipinski definition) is 6. The minimum atomic E-state index is -4.53. The second-order valence-electron chi connectivity index (χ2n) is 6.56. The quantitative estimate of drug-likeness (QED) is 0.732. The number of halogens is 3. The van der Waals surface area contributed by atoms with E-state index in [2.05, 4.69) is 15.3 Å². The van der Waals surface area contributed by atoms with Crippen LogP contribution in [0.5, 0.6) is 0 Å². The third-order valence-electron chi connectivity index (χ3n) is 4.60. The Morgan fingerprint density at radius 3 is 2.20 bits per heavy atom. The predicted octanol–water partition coefficient (Wildman–Crippen LogP) is 1.83. The number of nitrogens with one attached hydrogen (secondary N) is 1. The highest BCUT2D eigenvalue weighted by Gasteiger charge is 2.33. The van der Waals surface area contributed by atoms with Crippen LogP contribution >= 0.6 is 0 Å². The van der Waals surface area contributed by atoms with Gasteiger partial charge in [-0.25, -0.2) is 18.4 Å². The van der Waals surface area contributed by atoms with Crippen molar-refractivity contribution in [2.45, 2.75) is 17.5 Å². The molecule has 1 saturated heterocycles. The molecule has 1 N–H and O–H groups in total. The molecule has 1 aromatic carbocycles. The van der Waals surface area contributed by atoms with E-state index in [4.69, 9.17) is 0 Å². The van der Waals surface area contributed by atoms with E-state index in [1.807, 2.05) is 0 Å². The van der Waals surface area contributed by atoms with Crippen LogP contribution in [0, 0.1) is 0 Å². The summed E-state index contributed by atoms with van der Waals surface area (Å²) < 4.78 is 64.5. The molecule has 1 amide bonds. The lowest BCUT2D eigenvalue weighted by atomic mass is 10.2. The fourth-order valence-electron chi connectivity index (χ4n) is 2.97. The fourth-order valence-corrected chi connectivity index (χ4v) is 4.39. The van der Waals surface area contributed by atoms with E-state index in [0.717, 1.165) is 24.3 Å². The molecular formula is C18H20F3N5O3S. The zero-order valence-electron chi connectivity index (χ0n) is 15.8. The minimum Gasteiger partial charge on any atom is -0.354 e. The summed E-state index contributed by atoms with van der Waals surface area (Å²) in [5, 5.41) is 2.93. The summed E-state index contributed by atoms with van der Waals surface area (Å²) in [6, 6.07) is 5.07. The molecule has 8 nitrogen and oxygen atoms in total. The van der Waals surface area contributed by atoms with Crippen LogP contribution in [0.1, 0.15) is 12.0 Å². The fraction of sp³-hybridized carbons (Fsp3) is 0.389. The Kier molecular flexibility index (Phi) is 6.56. The molecule has 0 aliphatic carbocycles. The Morgan fingerprint density at radius 1 is 1.03 bits per heavy atom. The van der Waals surface area contributed by atoms with Gasteiger partial charge in [-0.2, -0.15) is 17.5 Å². The highest BCUT2D eigenvalue weighted by molar-refractivity contribution is 7.89. The maximum atomic E-state index is 12.7. The summed E-state index contributed by atoms with van der Waals surface area (Å²) in [6.45, 7) is 0.905. The number of amides is 1. The monoisotopic (exact) mass is 443 g/mol. The average molecular weight is 443 g/mol. The van der Waals surface area contributed by atoms with Gasteiger partial charge < -0.3 is 10.2 Å². The summed E-state index contributed by atoms with van der Waals surface area (Å²) in [4.78, 5) is 21.7. The number of anilines is 1. The van der Waals surface area contributed by atoms with Crippen molar-refractivity contribution >= 4 is 21.9 Å². The predicted molar refractivity (Wildman–Crippen MR) is 102 cm³/mol. The Balaban J connectivity index is 1.52. The molecule has 1 aromatic heterocycles. The van der Waals surface area contributed by atoms with Crippen molar-refractivity contribution in [1.82, 2.24) is 19.2 Å². The van der Waals surface area contributed by atoms with Gasteiger partial charge in [0.2, 0.25) is 21.9 Å². The van der Waals surface area contributed by atoms with Crippen molar-refractivity contribution in [2.75, 3.05) is 38.0 Å². The van der Waals surface area contributed by atoms with Gasteiger partial charge in [0.05, 0.1) is 10.5 Å². The molecule has 12 heteroatoms. The van der Waals surface area contributed by atoms with Gasteiger partial charge in [0, 0.05) is 51.5 Å². The molecule has 30 heavy (non-hydrogen) atoms.